The van der Waals surface area contributed by atoms with E-state index in [0.717, 1.165) is 24.2 Å². The maximum Gasteiger partial charge on any atom is 0.238 e. The average molecular weight is 402 g/mol. The molecule has 1 aliphatic rings. The van der Waals surface area contributed by atoms with Crippen molar-refractivity contribution in [2.45, 2.75) is 38.6 Å². The van der Waals surface area contributed by atoms with Crippen LogP contribution in [0.1, 0.15) is 31.2 Å². The van der Waals surface area contributed by atoms with E-state index in [1.807, 2.05) is 19.1 Å². The Bertz CT molecular complexity index is 489. The minimum Gasteiger partial charge on any atom is -0.396 e. The monoisotopic (exact) mass is 402 g/mol. The second-order valence-corrected chi connectivity index (χ2v) is 6.89. The van der Waals surface area contributed by atoms with Gasteiger partial charge in [0.2, 0.25) is 5.91 Å². The summed E-state index contributed by atoms with van der Waals surface area (Å²) in [5, 5.41) is 12.0. The predicted octanol–water partition coefficient (Wildman–Crippen LogP) is 2.78. The molecule has 4 nitrogen and oxygen atoms in total. The highest BCUT2D eigenvalue weighted by Crippen LogP contribution is 2.25. The summed E-state index contributed by atoms with van der Waals surface area (Å²) in [6.07, 6.45) is 4.31. The molecule has 0 saturated heterocycles. The van der Waals surface area contributed by atoms with E-state index in [0.29, 0.717) is 12.6 Å². The number of aryl methyl sites for hydroxylation is 1. The zero-order valence-electron chi connectivity index (χ0n) is 12.4. The first-order valence-corrected chi connectivity index (χ1v) is 8.59. The van der Waals surface area contributed by atoms with Crippen molar-refractivity contribution in [3.05, 3.63) is 27.3 Å². The number of hydrogen-bond acceptors (Lipinski definition) is 3. The van der Waals surface area contributed by atoms with Gasteiger partial charge in [-0.05, 0) is 72.5 Å². The van der Waals surface area contributed by atoms with Gasteiger partial charge in [0, 0.05) is 28.5 Å². The lowest BCUT2D eigenvalue weighted by atomic mass is 9.91. The van der Waals surface area contributed by atoms with Gasteiger partial charge in [-0.1, -0.05) is 6.42 Å². The Labute approximate surface area is 140 Å². The fraction of sp³-hybridized carbons (Fsp3) is 0.562. The van der Waals surface area contributed by atoms with E-state index < -0.39 is 0 Å². The Balaban J connectivity index is 1.91. The summed E-state index contributed by atoms with van der Waals surface area (Å²) >= 11 is 2.27. The highest BCUT2D eigenvalue weighted by molar-refractivity contribution is 14.1. The van der Waals surface area contributed by atoms with Crippen LogP contribution in [0.4, 0.5) is 5.69 Å². The van der Waals surface area contributed by atoms with Crippen LogP contribution >= 0.6 is 22.6 Å². The molecule has 1 aromatic carbocycles. The molecular formula is C16H23IN2O2. The van der Waals surface area contributed by atoms with Gasteiger partial charge in [-0.25, -0.2) is 0 Å². The number of carbonyl (C=O) groups excluding carboxylic acids is 1. The van der Waals surface area contributed by atoms with Gasteiger partial charge in [0.15, 0.2) is 0 Å². The first kappa shape index (κ1) is 16.7. The van der Waals surface area contributed by atoms with Crippen molar-refractivity contribution in [1.29, 1.82) is 0 Å². The van der Waals surface area contributed by atoms with E-state index in [2.05, 4.69) is 38.9 Å². The number of nitrogens with zero attached hydrogens (tertiary/aromatic N) is 1. The Morgan fingerprint density at radius 1 is 1.48 bits per heavy atom. The molecule has 116 valence electrons. The second-order valence-electron chi connectivity index (χ2n) is 5.64. The molecule has 1 amide bonds. The molecule has 1 aromatic rings. The lowest BCUT2D eigenvalue weighted by Gasteiger charge is -2.37. The van der Waals surface area contributed by atoms with E-state index in [1.165, 1.54) is 22.8 Å². The molecule has 0 atom stereocenters. The van der Waals surface area contributed by atoms with Crippen LogP contribution in [0.3, 0.4) is 0 Å². The molecule has 1 fully saturated rings. The molecular weight excluding hydrogens is 379 g/mol. The van der Waals surface area contributed by atoms with Gasteiger partial charge in [-0.2, -0.15) is 0 Å². The fourth-order valence-corrected chi connectivity index (χ4v) is 3.20. The number of rotatable bonds is 7. The van der Waals surface area contributed by atoms with Crippen LogP contribution in [0.5, 0.6) is 0 Å². The molecule has 21 heavy (non-hydrogen) atoms. The number of aliphatic hydroxyl groups is 1. The largest absolute Gasteiger partial charge is 0.396 e. The normalized spacial score (nSPS) is 15.0. The third-order valence-electron chi connectivity index (χ3n) is 4.00. The van der Waals surface area contributed by atoms with Crippen molar-refractivity contribution in [1.82, 2.24) is 4.90 Å². The molecule has 0 heterocycles. The molecule has 5 heteroatoms. The van der Waals surface area contributed by atoms with Crippen LogP contribution < -0.4 is 5.32 Å². The first-order chi connectivity index (χ1) is 10.1. The minimum atomic E-state index is 0.0316. The van der Waals surface area contributed by atoms with Crippen molar-refractivity contribution in [2.24, 2.45) is 0 Å². The van der Waals surface area contributed by atoms with Crippen LogP contribution in [0.25, 0.3) is 0 Å². The molecule has 0 aromatic heterocycles. The lowest BCUT2D eigenvalue weighted by molar-refractivity contribution is -0.118. The zero-order valence-corrected chi connectivity index (χ0v) is 14.6. The van der Waals surface area contributed by atoms with Crippen molar-refractivity contribution in [2.75, 3.05) is 25.0 Å². The van der Waals surface area contributed by atoms with E-state index >= 15 is 0 Å². The van der Waals surface area contributed by atoms with Gasteiger partial charge < -0.3 is 10.4 Å². The molecule has 0 unspecified atom stereocenters. The summed E-state index contributed by atoms with van der Waals surface area (Å²) in [4.78, 5) is 14.5. The molecule has 1 saturated carbocycles. The molecule has 2 rings (SSSR count). The van der Waals surface area contributed by atoms with E-state index in [9.17, 15) is 4.79 Å². The van der Waals surface area contributed by atoms with Crippen LogP contribution in [-0.2, 0) is 4.79 Å². The van der Waals surface area contributed by atoms with Crippen LogP contribution in [0.2, 0.25) is 0 Å². The smallest absolute Gasteiger partial charge is 0.238 e. The Kier molecular flexibility index (Phi) is 6.44. The van der Waals surface area contributed by atoms with Crippen molar-refractivity contribution >= 4 is 34.2 Å². The highest BCUT2D eigenvalue weighted by atomic mass is 127. The van der Waals surface area contributed by atoms with Crippen LogP contribution in [0, 0.1) is 10.5 Å². The maximum atomic E-state index is 12.3. The summed E-state index contributed by atoms with van der Waals surface area (Å²) in [6, 6.07) is 6.53. The average Bonchev–Trinajstić information content (AvgIpc) is 2.37. The van der Waals surface area contributed by atoms with Crippen LogP contribution in [-0.4, -0.2) is 41.7 Å². The Hall–Kier alpha value is -0.660. The third-order valence-corrected chi connectivity index (χ3v) is 4.67. The second kappa shape index (κ2) is 8.10. The van der Waals surface area contributed by atoms with Crippen molar-refractivity contribution in [3.8, 4) is 0 Å². The molecule has 0 bridgehead atoms. The van der Waals surface area contributed by atoms with Gasteiger partial charge in [0.25, 0.3) is 0 Å². The topological polar surface area (TPSA) is 52.6 Å². The number of aliphatic hydroxyl groups excluding tert-OH is 1. The number of halogens is 1. The minimum absolute atomic E-state index is 0.0316. The number of anilines is 1. The van der Waals surface area contributed by atoms with Gasteiger partial charge in [0.1, 0.15) is 0 Å². The van der Waals surface area contributed by atoms with Gasteiger partial charge >= 0.3 is 0 Å². The number of amides is 1. The molecule has 2 N–H and O–H groups in total. The number of hydrogen-bond donors (Lipinski definition) is 2. The summed E-state index contributed by atoms with van der Waals surface area (Å²) in [7, 11) is 0. The standard InChI is InChI=1S/C16H23IN2O2/c1-12-10-13(17)6-7-15(12)18-16(21)11-19(8-3-9-20)14-4-2-5-14/h6-7,10,14,20H,2-5,8-9,11H2,1H3,(H,18,21). The SMILES string of the molecule is Cc1cc(I)ccc1NC(=O)CN(CCCO)C1CCC1. The van der Waals surface area contributed by atoms with Crippen molar-refractivity contribution in [3.63, 3.8) is 0 Å². The molecule has 0 radical (unpaired) electrons. The number of nitrogens with one attached hydrogen (secondary N) is 1. The van der Waals surface area contributed by atoms with E-state index in [4.69, 9.17) is 5.11 Å². The Morgan fingerprint density at radius 3 is 2.81 bits per heavy atom. The van der Waals surface area contributed by atoms with Crippen LogP contribution in [0.15, 0.2) is 18.2 Å². The predicted molar refractivity (Wildman–Crippen MR) is 93.4 cm³/mol. The molecule has 1 aliphatic carbocycles. The summed E-state index contributed by atoms with van der Waals surface area (Å²) in [6.45, 7) is 3.39. The lowest BCUT2D eigenvalue weighted by Crippen LogP contribution is -2.45. The highest BCUT2D eigenvalue weighted by Gasteiger charge is 2.26. The summed E-state index contributed by atoms with van der Waals surface area (Å²) < 4.78 is 1.17. The van der Waals surface area contributed by atoms with Gasteiger partial charge in [-0.3, -0.25) is 9.69 Å². The Morgan fingerprint density at radius 2 is 2.24 bits per heavy atom. The van der Waals surface area contributed by atoms with Gasteiger partial charge in [-0.15, -0.1) is 0 Å². The quantitative estimate of drug-likeness (QED) is 0.690. The summed E-state index contributed by atoms with van der Waals surface area (Å²) in [5.41, 5.74) is 1.97. The summed E-state index contributed by atoms with van der Waals surface area (Å²) in [5.74, 6) is 0.0316. The van der Waals surface area contributed by atoms with E-state index in [1.54, 1.807) is 0 Å². The maximum absolute atomic E-state index is 12.3. The third kappa shape index (κ3) is 4.93. The fourth-order valence-electron chi connectivity index (χ4n) is 2.56. The molecule has 0 aliphatic heterocycles. The van der Waals surface area contributed by atoms with E-state index in [-0.39, 0.29) is 12.5 Å². The first-order valence-electron chi connectivity index (χ1n) is 7.51. The van der Waals surface area contributed by atoms with Gasteiger partial charge in [0.05, 0.1) is 6.54 Å². The molecule has 0 spiro atoms. The van der Waals surface area contributed by atoms with Crippen molar-refractivity contribution < 1.29 is 9.90 Å². The zero-order chi connectivity index (χ0) is 15.2. The number of carbonyl (C=O) groups is 1. The number of benzene rings is 1.